The van der Waals surface area contributed by atoms with Gasteiger partial charge in [0, 0.05) is 18.8 Å². The Bertz CT molecular complexity index is 154. The summed E-state index contributed by atoms with van der Waals surface area (Å²) in [5.41, 5.74) is 0. The Labute approximate surface area is 79.4 Å². The van der Waals surface area contributed by atoms with Gasteiger partial charge in [-0.2, -0.15) is 0 Å². The zero-order valence-corrected chi connectivity index (χ0v) is 7.83. The maximum atomic E-state index is 5.73. The molecule has 74 valence electrons. The number of ether oxygens (including phenoxy) is 3. The SMILES string of the molecule is [CH]CC1COC2(CCOCC2)OC1. The molecule has 3 nitrogen and oxygen atoms in total. The van der Waals surface area contributed by atoms with Crippen molar-refractivity contribution >= 4 is 0 Å². The van der Waals surface area contributed by atoms with Gasteiger partial charge >= 0.3 is 0 Å². The van der Waals surface area contributed by atoms with Crippen LogP contribution in [0.4, 0.5) is 0 Å². The van der Waals surface area contributed by atoms with Crippen molar-refractivity contribution in [2.24, 2.45) is 5.92 Å². The quantitative estimate of drug-likeness (QED) is 0.614. The first-order chi connectivity index (χ1) is 6.35. The summed E-state index contributed by atoms with van der Waals surface area (Å²) in [7, 11) is 0. The topological polar surface area (TPSA) is 27.7 Å². The molecule has 0 aliphatic carbocycles. The smallest absolute Gasteiger partial charge is 0.172 e. The van der Waals surface area contributed by atoms with Crippen LogP contribution < -0.4 is 0 Å². The first kappa shape index (κ1) is 9.44. The second kappa shape index (κ2) is 3.95. The van der Waals surface area contributed by atoms with Crippen molar-refractivity contribution < 1.29 is 14.2 Å². The van der Waals surface area contributed by atoms with Crippen molar-refractivity contribution in [2.75, 3.05) is 26.4 Å². The van der Waals surface area contributed by atoms with E-state index in [4.69, 9.17) is 21.1 Å². The zero-order chi connectivity index (χ0) is 9.15. The van der Waals surface area contributed by atoms with Gasteiger partial charge in [0.15, 0.2) is 5.79 Å². The zero-order valence-electron chi connectivity index (χ0n) is 7.83. The molecular weight excluding hydrogens is 168 g/mol. The Kier molecular flexibility index (Phi) is 2.86. The van der Waals surface area contributed by atoms with Crippen LogP contribution in [-0.4, -0.2) is 32.2 Å². The fraction of sp³-hybridized carbons (Fsp3) is 0.900. The van der Waals surface area contributed by atoms with Gasteiger partial charge in [-0.05, 0) is 13.3 Å². The minimum atomic E-state index is -0.343. The van der Waals surface area contributed by atoms with Crippen LogP contribution in [0, 0.1) is 12.8 Å². The lowest BCUT2D eigenvalue weighted by Crippen LogP contribution is -2.47. The summed E-state index contributed by atoms with van der Waals surface area (Å²) in [5, 5.41) is 0. The van der Waals surface area contributed by atoms with E-state index in [2.05, 4.69) is 0 Å². The van der Waals surface area contributed by atoms with Gasteiger partial charge in [-0.1, -0.05) is 0 Å². The Morgan fingerprint density at radius 2 is 1.77 bits per heavy atom. The fourth-order valence-electron chi connectivity index (χ4n) is 1.74. The highest BCUT2D eigenvalue weighted by Crippen LogP contribution is 2.31. The first-order valence-electron chi connectivity index (χ1n) is 4.90. The second-order valence-electron chi connectivity index (χ2n) is 3.75. The number of hydrogen-bond donors (Lipinski definition) is 0. The molecule has 2 fully saturated rings. The molecule has 3 heteroatoms. The highest BCUT2D eigenvalue weighted by Gasteiger charge is 2.38. The van der Waals surface area contributed by atoms with Crippen molar-refractivity contribution in [1.29, 1.82) is 0 Å². The van der Waals surface area contributed by atoms with Gasteiger partial charge in [-0.3, -0.25) is 0 Å². The summed E-state index contributed by atoms with van der Waals surface area (Å²) < 4.78 is 16.7. The summed E-state index contributed by atoms with van der Waals surface area (Å²) in [6, 6.07) is 0. The Morgan fingerprint density at radius 3 is 2.31 bits per heavy atom. The van der Waals surface area contributed by atoms with Crippen LogP contribution in [0.25, 0.3) is 0 Å². The molecule has 0 amide bonds. The molecule has 0 unspecified atom stereocenters. The molecule has 2 rings (SSSR count). The molecular formula is C10H16O3. The van der Waals surface area contributed by atoms with Crippen LogP contribution in [0.15, 0.2) is 0 Å². The second-order valence-corrected chi connectivity index (χ2v) is 3.75. The lowest BCUT2D eigenvalue weighted by molar-refractivity contribution is -0.306. The minimum absolute atomic E-state index is 0.343. The summed E-state index contributed by atoms with van der Waals surface area (Å²) in [6.45, 7) is 8.49. The number of rotatable bonds is 1. The molecule has 0 saturated carbocycles. The van der Waals surface area contributed by atoms with Crippen molar-refractivity contribution in [3.8, 4) is 0 Å². The predicted molar refractivity (Wildman–Crippen MR) is 47.1 cm³/mol. The minimum Gasteiger partial charge on any atom is -0.381 e. The molecule has 0 atom stereocenters. The molecule has 1 spiro atoms. The van der Waals surface area contributed by atoms with Gasteiger partial charge in [-0.15, -0.1) is 0 Å². The first-order valence-corrected chi connectivity index (χ1v) is 4.90. The summed E-state index contributed by atoms with van der Waals surface area (Å²) in [6.07, 6.45) is 2.35. The summed E-state index contributed by atoms with van der Waals surface area (Å²) in [4.78, 5) is 0. The molecule has 2 aliphatic heterocycles. The van der Waals surface area contributed by atoms with E-state index in [1.807, 2.05) is 0 Å². The lowest BCUT2D eigenvalue weighted by Gasteiger charge is -2.42. The molecule has 0 aromatic carbocycles. The molecule has 0 aromatic heterocycles. The largest absolute Gasteiger partial charge is 0.381 e. The lowest BCUT2D eigenvalue weighted by atomic mass is 10.0. The number of hydrogen-bond acceptors (Lipinski definition) is 3. The van der Waals surface area contributed by atoms with Crippen LogP contribution in [0.3, 0.4) is 0 Å². The van der Waals surface area contributed by atoms with Gasteiger partial charge in [0.2, 0.25) is 0 Å². The average molecular weight is 184 g/mol. The van der Waals surface area contributed by atoms with Crippen LogP contribution >= 0.6 is 0 Å². The third kappa shape index (κ3) is 2.03. The Balaban J connectivity index is 1.87. The molecule has 2 saturated heterocycles. The van der Waals surface area contributed by atoms with Gasteiger partial charge < -0.3 is 14.2 Å². The van der Waals surface area contributed by atoms with Crippen molar-refractivity contribution in [3.63, 3.8) is 0 Å². The van der Waals surface area contributed by atoms with E-state index in [-0.39, 0.29) is 5.79 Å². The molecule has 2 aliphatic rings. The van der Waals surface area contributed by atoms with E-state index in [0.29, 0.717) is 12.3 Å². The molecule has 2 heterocycles. The third-order valence-corrected chi connectivity index (χ3v) is 2.75. The van der Waals surface area contributed by atoms with E-state index < -0.39 is 0 Å². The molecule has 0 N–H and O–H groups in total. The van der Waals surface area contributed by atoms with Crippen LogP contribution in [0.2, 0.25) is 0 Å². The van der Waals surface area contributed by atoms with Crippen molar-refractivity contribution in [2.45, 2.75) is 25.0 Å². The molecule has 0 aromatic rings. The Hall–Kier alpha value is -0.120. The monoisotopic (exact) mass is 184 g/mol. The maximum Gasteiger partial charge on any atom is 0.172 e. The van der Waals surface area contributed by atoms with Crippen LogP contribution in [0.5, 0.6) is 0 Å². The van der Waals surface area contributed by atoms with E-state index in [1.165, 1.54) is 0 Å². The van der Waals surface area contributed by atoms with Crippen molar-refractivity contribution in [1.82, 2.24) is 0 Å². The van der Waals surface area contributed by atoms with E-state index in [9.17, 15) is 0 Å². The highest BCUT2D eigenvalue weighted by molar-refractivity contribution is 4.78. The summed E-state index contributed by atoms with van der Waals surface area (Å²) in [5.74, 6) is 0.0256. The summed E-state index contributed by atoms with van der Waals surface area (Å²) >= 11 is 0. The van der Waals surface area contributed by atoms with Gasteiger partial charge in [0.05, 0.1) is 26.4 Å². The average Bonchev–Trinajstić information content (AvgIpc) is 2.20. The molecule has 2 radical (unpaired) electrons. The predicted octanol–water partition coefficient (Wildman–Crippen LogP) is 1.26. The van der Waals surface area contributed by atoms with Gasteiger partial charge in [0.1, 0.15) is 0 Å². The van der Waals surface area contributed by atoms with E-state index >= 15 is 0 Å². The maximum absolute atomic E-state index is 5.73. The highest BCUT2D eigenvalue weighted by atomic mass is 16.7. The standard InChI is InChI=1S/C10H16O3/c1-2-9-7-12-10(13-8-9)3-5-11-6-4-10/h1,9H,2-8H2. The molecule has 0 bridgehead atoms. The normalized spacial score (nSPS) is 29.3. The van der Waals surface area contributed by atoms with Crippen LogP contribution in [-0.2, 0) is 14.2 Å². The third-order valence-electron chi connectivity index (χ3n) is 2.75. The van der Waals surface area contributed by atoms with E-state index in [1.54, 1.807) is 0 Å². The van der Waals surface area contributed by atoms with E-state index in [0.717, 1.165) is 39.3 Å². The molecule has 13 heavy (non-hydrogen) atoms. The fourth-order valence-corrected chi connectivity index (χ4v) is 1.74. The van der Waals surface area contributed by atoms with Gasteiger partial charge in [0.25, 0.3) is 0 Å². The van der Waals surface area contributed by atoms with Gasteiger partial charge in [-0.25, -0.2) is 0 Å². The Morgan fingerprint density at radius 1 is 1.15 bits per heavy atom. The van der Waals surface area contributed by atoms with Crippen LogP contribution in [0.1, 0.15) is 19.3 Å². The van der Waals surface area contributed by atoms with Crippen molar-refractivity contribution in [3.05, 3.63) is 6.92 Å².